The molecule has 1 heterocycles. The molecule has 0 spiro atoms. The number of ether oxygens (including phenoxy) is 1. The maximum atomic E-state index is 11.2. The number of hydrogen-bond donors (Lipinski definition) is 1. The summed E-state index contributed by atoms with van der Waals surface area (Å²) in [5, 5.41) is 0. The van der Waals surface area contributed by atoms with Crippen molar-refractivity contribution in [2.75, 3.05) is 37.5 Å². The van der Waals surface area contributed by atoms with E-state index in [0.29, 0.717) is 0 Å². The Kier molecular flexibility index (Phi) is 4.44. The first-order chi connectivity index (χ1) is 8.96. The third-order valence-electron chi connectivity index (χ3n) is 3.16. The number of benzene rings is 1. The molecule has 6 heteroatoms. The lowest BCUT2D eigenvalue weighted by molar-refractivity contribution is 0.122. The van der Waals surface area contributed by atoms with E-state index in [2.05, 4.69) is 9.62 Å². The lowest BCUT2D eigenvalue weighted by Gasteiger charge is -2.29. The molecule has 1 aromatic carbocycles. The molecule has 0 amide bonds. The Morgan fingerprint density at radius 3 is 2.32 bits per heavy atom. The van der Waals surface area contributed by atoms with Gasteiger partial charge in [-0.25, -0.2) is 13.1 Å². The smallest absolute Gasteiger partial charge is 0.209 e. The van der Waals surface area contributed by atoms with Gasteiger partial charge in [0.2, 0.25) is 10.0 Å². The maximum absolute atomic E-state index is 11.2. The van der Waals surface area contributed by atoms with Gasteiger partial charge < -0.3 is 9.64 Å². The highest BCUT2D eigenvalue weighted by molar-refractivity contribution is 7.88. The van der Waals surface area contributed by atoms with Crippen LogP contribution < -0.4 is 9.62 Å². The summed E-state index contributed by atoms with van der Waals surface area (Å²) in [4.78, 5) is 2.27. The summed E-state index contributed by atoms with van der Waals surface area (Å²) >= 11 is 0. The van der Waals surface area contributed by atoms with Gasteiger partial charge in [0.25, 0.3) is 0 Å². The van der Waals surface area contributed by atoms with Gasteiger partial charge in [-0.15, -0.1) is 0 Å². The monoisotopic (exact) mass is 284 g/mol. The van der Waals surface area contributed by atoms with Gasteiger partial charge in [0.05, 0.1) is 19.5 Å². The number of morpholine rings is 1. The van der Waals surface area contributed by atoms with Crippen molar-refractivity contribution >= 4 is 15.7 Å². The van der Waals surface area contributed by atoms with Crippen molar-refractivity contribution in [2.45, 2.75) is 13.0 Å². The van der Waals surface area contributed by atoms with Crippen molar-refractivity contribution in [2.24, 2.45) is 0 Å². The van der Waals surface area contributed by atoms with Crippen molar-refractivity contribution in [1.82, 2.24) is 4.72 Å². The predicted octanol–water partition coefficient (Wildman–Crippen LogP) is 1.13. The Morgan fingerprint density at radius 1 is 1.21 bits per heavy atom. The third-order valence-corrected chi connectivity index (χ3v) is 3.94. The van der Waals surface area contributed by atoms with Crippen molar-refractivity contribution in [1.29, 1.82) is 0 Å². The Labute approximate surface area is 114 Å². The summed E-state index contributed by atoms with van der Waals surface area (Å²) in [7, 11) is -3.18. The molecular formula is C13H20N2O3S. The number of sulfonamides is 1. The van der Waals surface area contributed by atoms with E-state index < -0.39 is 10.0 Å². The van der Waals surface area contributed by atoms with Crippen molar-refractivity contribution < 1.29 is 13.2 Å². The molecule has 1 atom stereocenters. The minimum Gasteiger partial charge on any atom is -0.378 e. The molecule has 1 aliphatic rings. The molecule has 2 rings (SSSR count). The SMILES string of the molecule is C[C@H](NS(C)(=O)=O)c1ccc(N2CCOCC2)cc1. The Bertz CT molecular complexity index is 507. The summed E-state index contributed by atoms with van der Waals surface area (Å²) in [5.74, 6) is 0. The molecular weight excluding hydrogens is 264 g/mol. The number of anilines is 1. The van der Waals surface area contributed by atoms with Gasteiger partial charge in [-0.3, -0.25) is 0 Å². The molecule has 0 radical (unpaired) electrons. The van der Waals surface area contributed by atoms with Crippen molar-refractivity contribution in [3.05, 3.63) is 29.8 Å². The van der Waals surface area contributed by atoms with Gasteiger partial charge in [0.15, 0.2) is 0 Å². The number of rotatable bonds is 4. The van der Waals surface area contributed by atoms with E-state index >= 15 is 0 Å². The molecule has 19 heavy (non-hydrogen) atoms. The fourth-order valence-electron chi connectivity index (χ4n) is 2.18. The summed E-state index contributed by atoms with van der Waals surface area (Å²) in [6.45, 7) is 5.15. The van der Waals surface area contributed by atoms with Crippen LogP contribution in [0.3, 0.4) is 0 Å². The van der Waals surface area contributed by atoms with Gasteiger partial charge in [-0.2, -0.15) is 0 Å². The number of nitrogens with one attached hydrogen (secondary N) is 1. The second kappa shape index (κ2) is 5.90. The zero-order valence-electron chi connectivity index (χ0n) is 11.3. The van der Waals surface area contributed by atoms with E-state index in [1.807, 2.05) is 31.2 Å². The number of nitrogens with zero attached hydrogens (tertiary/aromatic N) is 1. The average molecular weight is 284 g/mol. The van der Waals surface area contributed by atoms with Gasteiger partial charge in [-0.1, -0.05) is 12.1 Å². The fraction of sp³-hybridized carbons (Fsp3) is 0.538. The third kappa shape index (κ3) is 4.19. The molecule has 1 aromatic rings. The van der Waals surface area contributed by atoms with Crippen LogP contribution in [-0.2, 0) is 14.8 Å². The Morgan fingerprint density at radius 2 is 1.79 bits per heavy atom. The van der Waals surface area contributed by atoms with Crippen molar-refractivity contribution in [3.63, 3.8) is 0 Å². The van der Waals surface area contributed by atoms with Gasteiger partial charge in [0, 0.05) is 24.8 Å². The van der Waals surface area contributed by atoms with Gasteiger partial charge in [0.1, 0.15) is 0 Å². The summed E-state index contributed by atoms with van der Waals surface area (Å²) in [5.41, 5.74) is 2.11. The quantitative estimate of drug-likeness (QED) is 0.900. The first-order valence-electron chi connectivity index (χ1n) is 6.36. The van der Waals surface area contributed by atoms with E-state index in [4.69, 9.17) is 4.74 Å². The first kappa shape index (κ1) is 14.3. The van der Waals surface area contributed by atoms with E-state index in [9.17, 15) is 8.42 Å². The van der Waals surface area contributed by atoms with E-state index in [1.165, 1.54) is 6.26 Å². The highest BCUT2D eigenvalue weighted by atomic mass is 32.2. The molecule has 1 fully saturated rings. The molecule has 0 aliphatic carbocycles. The minimum atomic E-state index is -3.18. The highest BCUT2D eigenvalue weighted by Crippen LogP contribution is 2.20. The molecule has 0 unspecified atom stereocenters. The van der Waals surface area contributed by atoms with Crippen LogP contribution in [0.15, 0.2) is 24.3 Å². The number of hydrogen-bond acceptors (Lipinski definition) is 4. The minimum absolute atomic E-state index is 0.214. The van der Waals surface area contributed by atoms with Crippen LogP contribution in [0.4, 0.5) is 5.69 Å². The average Bonchev–Trinajstić information content (AvgIpc) is 2.38. The standard InChI is InChI=1S/C13H20N2O3S/c1-11(14-19(2,16)17)12-3-5-13(6-4-12)15-7-9-18-10-8-15/h3-6,11,14H,7-10H2,1-2H3/t11-/m0/s1. The van der Waals surface area contributed by atoms with Gasteiger partial charge in [-0.05, 0) is 24.6 Å². The van der Waals surface area contributed by atoms with Gasteiger partial charge >= 0.3 is 0 Å². The predicted molar refractivity (Wildman–Crippen MR) is 75.9 cm³/mol. The zero-order valence-corrected chi connectivity index (χ0v) is 12.1. The van der Waals surface area contributed by atoms with E-state index in [1.54, 1.807) is 0 Å². The van der Waals surface area contributed by atoms with E-state index in [0.717, 1.165) is 37.6 Å². The normalized spacial score (nSPS) is 18.3. The lowest BCUT2D eigenvalue weighted by Crippen LogP contribution is -2.36. The molecule has 1 N–H and O–H groups in total. The molecule has 1 saturated heterocycles. The second-order valence-electron chi connectivity index (χ2n) is 4.80. The van der Waals surface area contributed by atoms with Crippen LogP contribution in [0.25, 0.3) is 0 Å². The molecule has 0 bridgehead atoms. The highest BCUT2D eigenvalue weighted by Gasteiger charge is 2.13. The van der Waals surface area contributed by atoms with Crippen LogP contribution in [0.5, 0.6) is 0 Å². The molecule has 0 aromatic heterocycles. The maximum Gasteiger partial charge on any atom is 0.209 e. The molecule has 0 saturated carbocycles. The molecule has 106 valence electrons. The Hall–Kier alpha value is -1.11. The topological polar surface area (TPSA) is 58.6 Å². The lowest BCUT2D eigenvalue weighted by atomic mass is 10.1. The summed E-state index contributed by atoms with van der Waals surface area (Å²) < 4.78 is 30.3. The Balaban J connectivity index is 2.05. The van der Waals surface area contributed by atoms with E-state index in [-0.39, 0.29) is 6.04 Å². The molecule has 5 nitrogen and oxygen atoms in total. The molecule has 1 aliphatic heterocycles. The summed E-state index contributed by atoms with van der Waals surface area (Å²) in [6, 6.07) is 7.78. The largest absolute Gasteiger partial charge is 0.378 e. The van der Waals surface area contributed by atoms with Crippen LogP contribution in [0.1, 0.15) is 18.5 Å². The zero-order chi connectivity index (χ0) is 13.9. The van der Waals surface area contributed by atoms with Crippen LogP contribution in [-0.4, -0.2) is 41.0 Å². The van der Waals surface area contributed by atoms with Crippen LogP contribution >= 0.6 is 0 Å². The fourth-order valence-corrected chi connectivity index (χ4v) is 2.96. The first-order valence-corrected chi connectivity index (χ1v) is 8.25. The van der Waals surface area contributed by atoms with Crippen LogP contribution in [0.2, 0.25) is 0 Å². The van der Waals surface area contributed by atoms with Crippen LogP contribution in [0, 0.1) is 0 Å². The summed E-state index contributed by atoms with van der Waals surface area (Å²) in [6.07, 6.45) is 1.17. The second-order valence-corrected chi connectivity index (χ2v) is 6.58. The van der Waals surface area contributed by atoms with Crippen molar-refractivity contribution in [3.8, 4) is 0 Å².